The van der Waals surface area contributed by atoms with Gasteiger partial charge < -0.3 is 4.57 Å². The van der Waals surface area contributed by atoms with E-state index in [1.54, 1.807) is 0 Å². The predicted octanol–water partition coefficient (Wildman–Crippen LogP) is 9.65. The van der Waals surface area contributed by atoms with E-state index in [9.17, 15) is 0 Å². The zero-order valence-corrected chi connectivity index (χ0v) is 25.2. The topological polar surface area (TPSA) is 52.9 Å². The summed E-state index contributed by atoms with van der Waals surface area (Å²) >= 11 is 0. The molecule has 0 aliphatic heterocycles. The van der Waals surface area contributed by atoms with Crippen LogP contribution in [0.5, 0.6) is 0 Å². The van der Waals surface area contributed by atoms with Gasteiger partial charge in [0.2, 0.25) is 5.95 Å². The van der Waals surface area contributed by atoms with Gasteiger partial charge in [0, 0.05) is 33.0 Å². The Hall–Kier alpha value is -6.53. The standard InChI is InChI=1S/C41H26N6/c1-3-13-27(14-4-1)39-42-40(28-15-5-2-6-16-28)44-41(43-39)47-36-22-12-11-21-35(36)46-37-26-30(24-23-29(37)25-38(46)47)45-33-19-9-7-17-31(33)32-18-8-10-20-34(32)45/h1-26H. The lowest BCUT2D eigenvalue weighted by Gasteiger charge is -2.09. The van der Waals surface area contributed by atoms with E-state index in [4.69, 9.17) is 15.0 Å². The molecule has 4 heterocycles. The lowest BCUT2D eigenvalue weighted by atomic mass is 10.2. The Morgan fingerprint density at radius 2 is 0.915 bits per heavy atom. The van der Waals surface area contributed by atoms with Crippen molar-refractivity contribution in [1.29, 1.82) is 0 Å². The zero-order valence-electron chi connectivity index (χ0n) is 25.2. The number of rotatable bonds is 4. The Balaban J connectivity index is 1.26. The fourth-order valence-corrected chi connectivity index (χ4v) is 7.01. The van der Waals surface area contributed by atoms with Crippen molar-refractivity contribution in [3.63, 3.8) is 0 Å². The van der Waals surface area contributed by atoms with Gasteiger partial charge in [-0.25, -0.2) is 4.98 Å². The van der Waals surface area contributed by atoms with Crippen molar-refractivity contribution in [1.82, 2.24) is 28.5 Å². The number of hydrogen-bond donors (Lipinski definition) is 0. The molecule has 47 heavy (non-hydrogen) atoms. The summed E-state index contributed by atoms with van der Waals surface area (Å²) in [5.74, 6) is 1.85. The Kier molecular flexibility index (Phi) is 5.48. The maximum atomic E-state index is 5.09. The number of aromatic nitrogens is 6. The van der Waals surface area contributed by atoms with Crippen LogP contribution >= 0.6 is 0 Å². The van der Waals surface area contributed by atoms with Crippen LogP contribution in [0.25, 0.3) is 83.8 Å². The Bertz CT molecular complexity index is 2680. The van der Waals surface area contributed by atoms with Crippen molar-refractivity contribution >= 4 is 49.4 Å². The zero-order chi connectivity index (χ0) is 30.9. The second-order valence-electron chi connectivity index (χ2n) is 11.8. The molecular weight excluding hydrogens is 576 g/mol. The molecule has 6 nitrogen and oxygen atoms in total. The van der Waals surface area contributed by atoms with Crippen molar-refractivity contribution in [2.24, 2.45) is 0 Å². The van der Waals surface area contributed by atoms with Crippen LogP contribution in [-0.4, -0.2) is 28.5 Å². The van der Waals surface area contributed by atoms with Crippen LogP contribution in [0.2, 0.25) is 0 Å². The molecule has 220 valence electrons. The fraction of sp³-hybridized carbons (Fsp3) is 0. The van der Waals surface area contributed by atoms with Gasteiger partial charge in [-0.3, -0.25) is 8.97 Å². The smallest absolute Gasteiger partial charge is 0.240 e. The number of para-hydroxylation sites is 4. The summed E-state index contributed by atoms with van der Waals surface area (Å²) < 4.78 is 6.86. The van der Waals surface area contributed by atoms with E-state index >= 15 is 0 Å². The maximum absolute atomic E-state index is 5.09. The van der Waals surface area contributed by atoms with Crippen LogP contribution < -0.4 is 0 Å². The van der Waals surface area contributed by atoms with Crippen LogP contribution in [-0.2, 0) is 0 Å². The van der Waals surface area contributed by atoms with Gasteiger partial charge in [0.15, 0.2) is 11.6 Å². The van der Waals surface area contributed by atoms with Crippen molar-refractivity contribution in [3.05, 3.63) is 158 Å². The van der Waals surface area contributed by atoms with E-state index in [1.165, 1.54) is 21.8 Å². The highest BCUT2D eigenvalue weighted by molar-refractivity contribution is 6.09. The molecule has 0 aliphatic carbocycles. The monoisotopic (exact) mass is 602 g/mol. The van der Waals surface area contributed by atoms with Gasteiger partial charge in [0.05, 0.1) is 27.6 Å². The number of benzene rings is 6. The summed E-state index contributed by atoms with van der Waals surface area (Å²) in [5.41, 5.74) is 9.60. The van der Waals surface area contributed by atoms with E-state index in [2.05, 4.69) is 111 Å². The van der Waals surface area contributed by atoms with Crippen LogP contribution in [0.15, 0.2) is 158 Å². The highest BCUT2D eigenvalue weighted by Gasteiger charge is 2.20. The average molecular weight is 603 g/mol. The lowest BCUT2D eigenvalue weighted by molar-refractivity contribution is 0.947. The molecule has 0 fully saturated rings. The minimum absolute atomic E-state index is 0.578. The minimum Gasteiger partial charge on any atom is -0.309 e. The summed E-state index contributed by atoms with van der Waals surface area (Å²) in [6, 6.07) is 54.9. The lowest BCUT2D eigenvalue weighted by Crippen LogP contribution is -2.06. The summed E-state index contributed by atoms with van der Waals surface area (Å²) in [6.45, 7) is 0. The van der Waals surface area contributed by atoms with Gasteiger partial charge in [-0.1, -0.05) is 115 Å². The van der Waals surface area contributed by atoms with Gasteiger partial charge in [-0.05, 0) is 42.5 Å². The predicted molar refractivity (Wildman–Crippen MR) is 190 cm³/mol. The second-order valence-corrected chi connectivity index (χ2v) is 11.8. The van der Waals surface area contributed by atoms with Crippen LogP contribution in [0.3, 0.4) is 0 Å². The van der Waals surface area contributed by atoms with Crippen molar-refractivity contribution in [3.8, 4) is 34.4 Å². The first-order chi connectivity index (χ1) is 23.3. The Morgan fingerprint density at radius 3 is 1.53 bits per heavy atom. The fourth-order valence-electron chi connectivity index (χ4n) is 7.01. The van der Waals surface area contributed by atoms with Gasteiger partial charge in [-0.2, -0.15) is 9.97 Å². The molecule has 0 bridgehead atoms. The summed E-state index contributed by atoms with van der Waals surface area (Å²) in [6.07, 6.45) is 0. The average Bonchev–Trinajstić information content (AvgIpc) is 3.79. The van der Waals surface area contributed by atoms with Crippen molar-refractivity contribution in [2.45, 2.75) is 0 Å². The maximum Gasteiger partial charge on any atom is 0.240 e. The summed E-state index contributed by atoms with van der Waals surface area (Å²) in [7, 11) is 0. The largest absolute Gasteiger partial charge is 0.309 e. The van der Waals surface area contributed by atoms with E-state index in [0.29, 0.717) is 17.6 Å². The SMILES string of the molecule is c1ccc(-c2nc(-c3ccccc3)nc(-n3c4ccccc4n4c5cc(-n6c7ccccc7c7ccccc76)ccc5cc34)n2)cc1. The third-order valence-electron chi connectivity index (χ3n) is 9.09. The van der Waals surface area contributed by atoms with Gasteiger partial charge in [0.25, 0.3) is 0 Å². The molecular formula is C41H26N6. The van der Waals surface area contributed by atoms with E-state index in [1.807, 2.05) is 60.7 Å². The van der Waals surface area contributed by atoms with Crippen LogP contribution in [0.4, 0.5) is 0 Å². The molecule has 0 aliphatic rings. The van der Waals surface area contributed by atoms with Crippen LogP contribution in [0.1, 0.15) is 0 Å². The molecule has 0 atom stereocenters. The van der Waals surface area contributed by atoms with E-state index in [0.717, 1.165) is 44.4 Å². The first-order valence-corrected chi connectivity index (χ1v) is 15.7. The normalized spacial score (nSPS) is 11.8. The minimum atomic E-state index is 0.578. The van der Waals surface area contributed by atoms with Gasteiger partial charge in [-0.15, -0.1) is 0 Å². The van der Waals surface area contributed by atoms with Crippen molar-refractivity contribution < 1.29 is 0 Å². The number of nitrogens with zero attached hydrogens (tertiary/aromatic N) is 6. The van der Waals surface area contributed by atoms with Crippen molar-refractivity contribution in [2.75, 3.05) is 0 Å². The third-order valence-corrected chi connectivity index (χ3v) is 9.09. The molecule has 0 N–H and O–H groups in total. The molecule has 4 aromatic heterocycles. The van der Waals surface area contributed by atoms with E-state index < -0.39 is 0 Å². The van der Waals surface area contributed by atoms with Gasteiger partial charge in [0.1, 0.15) is 5.65 Å². The molecule has 0 radical (unpaired) electrons. The first-order valence-electron chi connectivity index (χ1n) is 15.7. The van der Waals surface area contributed by atoms with Crippen LogP contribution in [0, 0.1) is 0 Å². The second kappa shape index (κ2) is 9.99. The quantitative estimate of drug-likeness (QED) is 0.202. The molecule has 0 spiro atoms. The van der Waals surface area contributed by atoms with E-state index in [-0.39, 0.29) is 0 Å². The molecule has 0 saturated heterocycles. The Morgan fingerprint density at radius 1 is 0.383 bits per heavy atom. The van der Waals surface area contributed by atoms with Gasteiger partial charge >= 0.3 is 0 Å². The highest BCUT2D eigenvalue weighted by atomic mass is 15.2. The first kappa shape index (κ1) is 25.8. The molecule has 10 rings (SSSR count). The molecule has 10 aromatic rings. The Labute approximate surface area is 269 Å². The highest BCUT2D eigenvalue weighted by Crippen LogP contribution is 2.36. The summed E-state index contributed by atoms with van der Waals surface area (Å²) in [4.78, 5) is 15.1. The molecule has 0 unspecified atom stereocenters. The number of hydrogen-bond acceptors (Lipinski definition) is 3. The number of fused-ring (bicyclic) bond motifs is 8. The number of imidazole rings is 1. The molecule has 6 heteroatoms. The summed E-state index contributed by atoms with van der Waals surface area (Å²) in [5, 5.41) is 3.64. The third kappa shape index (κ3) is 3.88. The molecule has 0 amide bonds. The molecule has 6 aromatic carbocycles. The molecule has 0 saturated carbocycles.